The van der Waals surface area contributed by atoms with Gasteiger partial charge in [-0.2, -0.15) is 0 Å². The molecule has 104 valence electrons. The van der Waals surface area contributed by atoms with Crippen LogP contribution in [0.2, 0.25) is 0 Å². The summed E-state index contributed by atoms with van der Waals surface area (Å²) in [5.41, 5.74) is 5.29. The van der Waals surface area contributed by atoms with E-state index in [1.807, 2.05) is 6.92 Å². The summed E-state index contributed by atoms with van der Waals surface area (Å²) in [6, 6.07) is -0.247. The maximum Gasteiger partial charge on any atom is 0.316 e. The van der Waals surface area contributed by atoms with Gasteiger partial charge in [-0.3, -0.25) is 4.79 Å². The Hall–Kier alpha value is -0.610. The van der Waals surface area contributed by atoms with E-state index in [2.05, 4.69) is 13.8 Å². The van der Waals surface area contributed by atoms with E-state index < -0.39 is 5.41 Å². The number of carbonyl (C=O) groups is 1. The third kappa shape index (κ3) is 2.69. The third-order valence-corrected chi connectivity index (χ3v) is 4.39. The average Bonchev–Trinajstić information content (AvgIpc) is 2.59. The zero-order valence-electron chi connectivity index (χ0n) is 11.6. The molecule has 4 heteroatoms. The smallest absolute Gasteiger partial charge is 0.316 e. The van der Waals surface area contributed by atoms with Crippen molar-refractivity contribution < 1.29 is 14.3 Å². The van der Waals surface area contributed by atoms with E-state index in [4.69, 9.17) is 15.2 Å². The summed E-state index contributed by atoms with van der Waals surface area (Å²) in [5.74, 6) is 1.08. The highest BCUT2D eigenvalue weighted by Gasteiger charge is 2.46. The van der Waals surface area contributed by atoms with Crippen LogP contribution < -0.4 is 5.73 Å². The van der Waals surface area contributed by atoms with Crippen LogP contribution in [0.1, 0.15) is 40.0 Å². The zero-order chi connectivity index (χ0) is 13.3. The molecular weight excluding hydrogens is 230 g/mol. The van der Waals surface area contributed by atoms with Crippen molar-refractivity contribution in [2.45, 2.75) is 52.2 Å². The van der Waals surface area contributed by atoms with E-state index >= 15 is 0 Å². The van der Waals surface area contributed by atoms with Crippen molar-refractivity contribution in [3.8, 4) is 0 Å². The standard InChI is InChI=1S/C14H25NO3/c1-9-4-10(2)6-11(5-9)18-13(16)14(3)8-17-7-12(14)15/h9-12H,4-8,15H2,1-3H3. The second-order valence-corrected chi connectivity index (χ2v) is 6.48. The van der Waals surface area contributed by atoms with Crippen LogP contribution in [0, 0.1) is 17.3 Å². The van der Waals surface area contributed by atoms with Crippen molar-refractivity contribution in [2.75, 3.05) is 13.2 Å². The molecule has 1 aliphatic carbocycles. The fourth-order valence-corrected chi connectivity index (χ4v) is 3.15. The number of nitrogens with two attached hydrogens (primary N) is 1. The molecule has 0 amide bonds. The van der Waals surface area contributed by atoms with Gasteiger partial charge in [-0.25, -0.2) is 0 Å². The van der Waals surface area contributed by atoms with Gasteiger partial charge >= 0.3 is 5.97 Å². The SMILES string of the molecule is CC1CC(C)CC(OC(=O)C2(C)COCC2N)C1. The molecule has 0 spiro atoms. The monoisotopic (exact) mass is 255 g/mol. The highest BCUT2D eigenvalue weighted by Crippen LogP contribution is 2.34. The third-order valence-electron chi connectivity index (χ3n) is 4.39. The number of carbonyl (C=O) groups excluding carboxylic acids is 1. The minimum Gasteiger partial charge on any atom is -0.462 e. The van der Waals surface area contributed by atoms with Crippen LogP contribution in [0.4, 0.5) is 0 Å². The summed E-state index contributed by atoms with van der Waals surface area (Å²) in [6.07, 6.45) is 3.24. The molecule has 1 aliphatic heterocycles. The van der Waals surface area contributed by atoms with E-state index in [1.54, 1.807) is 0 Å². The van der Waals surface area contributed by atoms with Gasteiger partial charge in [0.15, 0.2) is 0 Å². The van der Waals surface area contributed by atoms with Gasteiger partial charge in [0.25, 0.3) is 0 Å². The van der Waals surface area contributed by atoms with Crippen LogP contribution in [0.5, 0.6) is 0 Å². The molecule has 2 rings (SSSR count). The van der Waals surface area contributed by atoms with Crippen molar-refractivity contribution in [1.82, 2.24) is 0 Å². The van der Waals surface area contributed by atoms with E-state index in [1.165, 1.54) is 6.42 Å². The number of esters is 1. The molecule has 1 heterocycles. The lowest BCUT2D eigenvalue weighted by molar-refractivity contribution is -0.164. The summed E-state index contributed by atoms with van der Waals surface area (Å²) >= 11 is 0. The molecule has 2 aliphatic rings. The van der Waals surface area contributed by atoms with Crippen molar-refractivity contribution in [2.24, 2.45) is 23.0 Å². The lowest BCUT2D eigenvalue weighted by Crippen LogP contribution is -2.47. The number of hydrogen-bond acceptors (Lipinski definition) is 4. The molecule has 4 nitrogen and oxygen atoms in total. The summed E-state index contributed by atoms with van der Waals surface area (Å²) in [7, 11) is 0. The largest absolute Gasteiger partial charge is 0.462 e. The first kappa shape index (κ1) is 13.8. The Balaban J connectivity index is 1.94. The maximum absolute atomic E-state index is 12.3. The molecule has 4 atom stereocenters. The Kier molecular flexibility index (Phi) is 3.97. The Morgan fingerprint density at radius 2 is 1.89 bits per heavy atom. The molecule has 1 saturated carbocycles. The topological polar surface area (TPSA) is 61.5 Å². The van der Waals surface area contributed by atoms with Crippen molar-refractivity contribution >= 4 is 5.97 Å². The molecule has 18 heavy (non-hydrogen) atoms. The molecule has 0 aromatic carbocycles. The molecule has 0 aromatic rings. The second kappa shape index (κ2) is 5.17. The first-order valence-electron chi connectivity index (χ1n) is 6.96. The van der Waals surface area contributed by atoms with Gasteiger partial charge in [0.1, 0.15) is 11.5 Å². The van der Waals surface area contributed by atoms with Crippen molar-refractivity contribution in [1.29, 1.82) is 0 Å². The number of ether oxygens (including phenoxy) is 2. The predicted octanol–water partition coefficient (Wildman–Crippen LogP) is 1.72. The predicted molar refractivity (Wildman–Crippen MR) is 69.0 cm³/mol. The second-order valence-electron chi connectivity index (χ2n) is 6.48. The number of rotatable bonds is 2. The fraction of sp³-hybridized carbons (Fsp3) is 0.929. The van der Waals surface area contributed by atoms with Crippen LogP contribution in [-0.2, 0) is 14.3 Å². The van der Waals surface area contributed by atoms with Gasteiger partial charge in [-0.1, -0.05) is 13.8 Å². The molecule has 0 radical (unpaired) electrons. The first-order valence-corrected chi connectivity index (χ1v) is 6.96. The van der Waals surface area contributed by atoms with Gasteiger partial charge in [0.05, 0.1) is 13.2 Å². The van der Waals surface area contributed by atoms with Crippen LogP contribution in [0.25, 0.3) is 0 Å². The number of hydrogen-bond donors (Lipinski definition) is 1. The quantitative estimate of drug-likeness (QED) is 0.763. The molecule has 2 fully saturated rings. The zero-order valence-corrected chi connectivity index (χ0v) is 11.6. The molecule has 0 aromatic heterocycles. The van der Waals surface area contributed by atoms with Crippen LogP contribution in [-0.4, -0.2) is 31.3 Å². The van der Waals surface area contributed by atoms with Crippen LogP contribution in [0.3, 0.4) is 0 Å². The van der Waals surface area contributed by atoms with Crippen molar-refractivity contribution in [3.05, 3.63) is 0 Å². The normalized spacial score (nSPS) is 44.9. The Morgan fingerprint density at radius 3 is 2.39 bits per heavy atom. The first-order chi connectivity index (χ1) is 8.41. The lowest BCUT2D eigenvalue weighted by atomic mass is 9.81. The maximum atomic E-state index is 12.3. The fourth-order valence-electron chi connectivity index (χ4n) is 3.15. The molecular formula is C14H25NO3. The summed E-state index contributed by atoms with van der Waals surface area (Å²) in [6.45, 7) is 7.13. The van der Waals surface area contributed by atoms with Gasteiger partial charge in [-0.05, 0) is 38.0 Å². The summed E-state index contributed by atoms with van der Waals surface area (Å²) < 4.78 is 11.0. The Labute approximate surface area is 109 Å². The van der Waals surface area contributed by atoms with Gasteiger partial charge < -0.3 is 15.2 Å². The average molecular weight is 255 g/mol. The van der Waals surface area contributed by atoms with E-state index in [0.717, 1.165) is 12.8 Å². The van der Waals surface area contributed by atoms with Crippen LogP contribution >= 0.6 is 0 Å². The molecule has 4 unspecified atom stereocenters. The lowest BCUT2D eigenvalue weighted by Gasteiger charge is -2.34. The minimum atomic E-state index is -0.663. The molecule has 2 N–H and O–H groups in total. The van der Waals surface area contributed by atoms with Crippen molar-refractivity contribution in [3.63, 3.8) is 0 Å². The summed E-state index contributed by atoms with van der Waals surface area (Å²) in [4.78, 5) is 12.3. The highest BCUT2D eigenvalue weighted by atomic mass is 16.6. The Bertz CT molecular complexity index is 310. The van der Waals surface area contributed by atoms with E-state index in [0.29, 0.717) is 25.0 Å². The molecule has 0 bridgehead atoms. The van der Waals surface area contributed by atoms with E-state index in [-0.39, 0.29) is 18.1 Å². The minimum absolute atomic E-state index is 0.0564. The van der Waals surface area contributed by atoms with Gasteiger partial charge in [0, 0.05) is 6.04 Å². The van der Waals surface area contributed by atoms with E-state index in [9.17, 15) is 4.79 Å². The van der Waals surface area contributed by atoms with Crippen LogP contribution in [0.15, 0.2) is 0 Å². The van der Waals surface area contributed by atoms with Gasteiger partial charge in [0.2, 0.25) is 0 Å². The summed E-state index contributed by atoms with van der Waals surface area (Å²) in [5, 5.41) is 0. The highest BCUT2D eigenvalue weighted by molar-refractivity contribution is 5.78. The Morgan fingerprint density at radius 1 is 1.28 bits per heavy atom. The van der Waals surface area contributed by atoms with Gasteiger partial charge in [-0.15, -0.1) is 0 Å². The molecule has 1 saturated heterocycles.